The lowest BCUT2D eigenvalue weighted by Crippen LogP contribution is -2.32. The third kappa shape index (κ3) is 5.31. The largest absolute Gasteiger partial charge is 0.533 e. The molecule has 0 bridgehead atoms. The van der Waals surface area contributed by atoms with Crippen molar-refractivity contribution in [1.82, 2.24) is 9.96 Å². The second-order valence-corrected chi connectivity index (χ2v) is 10.7. The Kier molecular flexibility index (Phi) is 7.12. The summed E-state index contributed by atoms with van der Waals surface area (Å²) in [5.41, 5.74) is 3.25. The van der Waals surface area contributed by atoms with Gasteiger partial charge in [-0.15, -0.1) is 0 Å². The van der Waals surface area contributed by atoms with Crippen molar-refractivity contribution in [2.75, 3.05) is 25.0 Å². The molecule has 5 rings (SSSR count). The van der Waals surface area contributed by atoms with E-state index < -0.39 is 34.0 Å². The molecule has 2 aliphatic heterocycles. The van der Waals surface area contributed by atoms with Crippen molar-refractivity contribution in [3.05, 3.63) is 59.7 Å². The molecule has 14 heteroatoms. The zero-order valence-corrected chi connectivity index (χ0v) is 21.7. The third-order valence-corrected chi connectivity index (χ3v) is 7.59. The zero-order chi connectivity index (χ0) is 28.6. The van der Waals surface area contributed by atoms with Crippen molar-refractivity contribution in [3.63, 3.8) is 0 Å². The number of ether oxygens (including phenoxy) is 1. The molecular weight excluding hydrogens is 546 g/mol. The number of amides is 4. The fraction of sp³-hybridized carbons (Fsp3) is 0.269. The van der Waals surface area contributed by atoms with E-state index in [0.29, 0.717) is 40.4 Å². The molecule has 0 saturated carbocycles. The van der Waals surface area contributed by atoms with Crippen molar-refractivity contribution in [1.29, 1.82) is 0 Å². The number of hydrogen-bond donors (Lipinski definition) is 2. The molecule has 2 aromatic carbocycles. The van der Waals surface area contributed by atoms with Gasteiger partial charge in [0.2, 0.25) is 0 Å². The highest BCUT2D eigenvalue weighted by molar-refractivity contribution is 7.85. The minimum Gasteiger partial charge on any atom is -0.432 e. The first-order valence-electron chi connectivity index (χ1n) is 12.3. The highest BCUT2D eigenvalue weighted by Crippen LogP contribution is 2.46. The van der Waals surface area contributed by atoms with Gasteiger partial charge in [-0.2, -0.15) is 8.42 Å². The van der Waals surface area contributed by atoms with Crippen molar-refractivity contribution >= 4 is 45.6 Å². The molecule has 2 heterocycles. The van der Waals surface area contributed by atoms with Gasteiger partial charge in [-0.05, 0) is 52.9 Å². The quantitative estimate of drug-likeness (QED) is 0.195. The number of imide groups is 2. The Balaban J connectivity index is 1.32. The Labute approximate surface area is 228 Å². The number of fused-ring (bicyclic) bond motifs is 3. The number of hydroxylamine groups is 2. The minimum atomic E-state index is -4.52. The Morgan fingerprint density at radius 3 is 2.23 bits per heavy atom. The molecule has 0 spiro atoms. The SMILES string of the molecule is O=C(OCC1c2cc(NCCCN3C(=O)C=CC3=O)ccc2-c2ccc(S(=O)(=O)O)cc21)ON1C(=O)CCC1=O. The Bertz CT molecular complexity index is 1550. The fourth-order valence-electron chi connectivity index (χ4n) is 4.82. The van der Waals surface area contributed by atoms with Crippen LogP contribution in [0.2, 0.25) is 0 Å². The number of nitrogens with one attached hydrogen (secondary N) is 1. The van der Waals surface area contributed by atoms with Crippen LogP contribution in [-0.4, -0.2) is 72.4 Å². The van der Waals surface area contributed by atoms with E-state index in [2.05, 4.69) is 5.32 Å². The fourth-order valence-corrected chi connectivity index (χ4v) is 5.34. The summed E-state index contributed by atoms with van der Waals surface area (Å²) in [7, 11) is -4.52. The Morgan fingerprint density at radius 1 is 0.950 bits per heavy atom. The van der Waals surface area contributed by atoms with Gasteiger partial charge in [-0.25, -0.2) is 4.79 Å². The van der Waals surface area contributed by atoms with Gasteiger partial charge in [0.25, 0.3) is 33.7 Å². The smallest absolute Gasteiger partial charge is 0.432 e. The van der Waals surface area contributed by atoms with E-state index in [1.165, 1.54) is 24.3 Å². The summed E-state index contributed by atoms with van der Waals surface area (Å²) in [6.07, 6.45) is 1.50. The minimum absolute atomic E-state index is 0.0782. The third-order valence-electron chi connectivity index (χ3n) is 6.74. The molecule has 0 aromatic heterocycles. The second kappa shape index (κ2) is 10.5. The van der Waals surface area contributed by atoms with E-state index in [-0.39, 0.29) is 42.7 Å². The highest BCUT2D eigenvalue weighted by Gasteiger charge is 2.35. The van der Waals surface area contributed by atoms with Crippen LogP contribution in [0.5, 0.6) is 0 Å². The molecule has 2 aromatic rings. The van der Waals surface area contributed by atoms with E-state index in [9.17, 15) is 36.9 Å². The van der Waals surface area contributed by atoms with E-state index >= 15 is 0 Å². The van der Waals surface area contributed by atoms with Crippen LogP contribution in [-0.2, 0) is 38.9 Å². The summed E-state index contributed by atoms with van der Waals surface area (Å²) in [6.45, 7) is 0.355. The van der Waals surface area contributed by atoms with Gasteiger partial charge in [-0.1, -0.05) is 17.2 Å². The van der Waals surface area contributed by atoms with E-state index in [0.717, 1.165) is 10.5 Å². The van der Waals surface area contributed by atoms with Gasteiger partial charge in [0, 0.05) is 49.7 Å². The molecule has 2 N–H and O–H groups in total. The molecule has 208 valence electrons. The molecule has 3 aliphatic rings. The lowest BCUT2D eigenvalue weighted by atomic mass is 9.97. The van der Waals surface area contributed by atoms with Crippen molar-refractivity contribution in [3.8, 4) is 11.1 Å². The Morgan fingerprint density at radius 2 is 1.57 bits per heavy atom. The summed E-state index contributed by atoms with van der Waals surface area (Å²) < 4.78 is 38.4. The molecule has 1 aliphatic carbocycles. The van der Waals surface area contributed by atoms with Crippen molar-refractivity contribution in [2.45, 2.75) is 30.1 Å². The van der Waals surface area contributed by atoms with Crippen LogP contribution in [0.1, 0.15) is 36.3 Å². The summed E-state index contributed by atoms with van der Waals surface area (Å²) in [5, 5.41) is 3.57. The average Bonchev–Trinajstić information content (AvgIpc) is 3.52. The maximum Gasteiger partial charge on any atom is 0.533 e. The van der Waals surface area contributed by atoms with Crippen LogP contribution >= 0.6 is 0 Å². The first-order valence-corrected chi connectivity index (χ1v) is 13.7. The van der Waals surface area contributed by atoms with Crippen LogP contribution < -0.4 is 5.32 Å². The molecule has 40 heavy (non-hydrogen) atoms. The summed E-state index contributed by atoms with van der Waals surface area (Å²) in [4.78, 5) is 64.8. The first-order chi connectivity index (χ1) is 19.0. The first kappa shape index (κ1) is 27.0. The molecule has 13 nitrogen and oxygen atoms in total. The number of carbonyl (C=O) groups is 5. The number of rotatable bonds is 9. The van der Waals surface area contributed by atoms with Gasteiger partial charge in [0.15, 0.2) is 0 Å². The van der Waals surface area contributed by atoms with Gasteiger partial charge in [0.1, 0.15) is 6.61 Å². The summed E-state index contributed by atoms with van der Waals surface area (Å²) >= 11 is 0. The van der Waals surface area contributed by atoms with Crippen LogP contribution in [0, 0.1) is 0 Å². The molecule has 1 saturated heterocycles. The molecule has 1 unspecified atom stereocenters. The Hall–Kier alpha value is -4.56. The normalized spacial score (nSPS) is 17.9. The number of hydrogen-bond acceptors (Lipinski definition) is 10. The summed E-state index contributed by atoms with van der Waals surface area (Å²) in [5.74, 6) is -2.71. The second-order valence-electron chi connectivity index (χ2n) is 9.25. The predicted molar refractivity (Wildman–Crippen MR) is 136 cm³/mol. The number of nitrogens with zero attached hydrogens (tertiary/aromatic N) is 2. The number of anilines is 1. The summed E-state index contributed by atoms with van der Waals surface area (Å²) in [6, 6.07) is 9.51. The molecule has 1 atom stereocenters. The predicted octanol–water partition coefficient (Wildman–Crippen LogP) is 1.99. The highest BCUT2D eigenvalue weighted by atomic mass is 32.2. The van der Waals surface area contributed by atoms with E-state index in [1.807, 2.05) is 0 Å². The lowest BCUT2D eigenvalue weighted by molar-refractivity contribution is -0.177. The van der Waals surface area contributed by atoms with Gasteiger partial charge in [-0.3, -0.25) is 33.5 Å². The maximum absolute atomic E-state index is 12.3. The zero-order valence-electron chi connectivity index (χ0n) is 20.9. The van der Waals surface area contributed by atoms with Crippen LogP contribution in [0.3, 0.4) is 0 Å². The molecule has 1 fully saturated rings. The average molecular weight is 570 g/mol. The van der Waals surface area contributed by atoms with Crippen LogP contribution in [0.4, 0.5) is 10.5 Å². The van der Waals surface area contributed by atoms with E-state index in [4.69, 9.17) is 9.57 Å². The van der Waals surface area contributed by atoms with E-state index in [1.54, 1.807) is 24.3 Å². The number of carbonyl (C=O) groups excluding carboxylic acids is 5. The van der Waals surface area contributed by atoms with Gasteiger partial charge < -0.3 is 10.1 Å². The number of benzene rings is 2. The monoisotopic (exact) mass is 569 g/mol. The van der Waals surface area contributed by atoms with Crippen LogP contribution in [0.15, 0.2) is 53.4 Å². The molecular formula is C26H23N3O10S. The molecule has 4 amide bonds. The van der Waals surface area contributed by atoms with Crippen LogP contribution in [0.25, 0.3) is 11.1 Å². The lowest BCUT2D eigenvalue weighted by Gasteiger charge is -2.17. The standard InChI is InChI=1S/C26H23N3O10S/c30-22-6-7-23(31)28(22)11-1-10-27-15-2-4-17-18-5-3-16(40(35,36)37)13-20(18)21(19(17)12-15)14-38-26(34)39-29-24(32)8-9-25(29)33/h2-7,12-13,21,27H,1,8-11,14H2,(H,35,36,37). The van der Waals surface area contributed by atoms with Crippen molar-refractivity contribution < 1.29 is 46.5 Å². The maximum atomic E-state index is 12.3. The van der Waals surface area contributed by atoms with Crippen molar-refractivity contribution in [2.24, 2.45) is 0 Å². The van der Waals surface area contributed by atoms with Gasteiger partial charge in [0.05, 0.1) is 4.90 Å². The topological polar surface area (TPSA) is 177 Å². The molecule has 0 radical (unpaired) electrons. The van der Waals surface area contributed by atoms with Gasteiger partial charge >= 0.3 is 6.16 Å².